The third kappa shape index (κ3) is 1.19. The first kappa shape index (κ1) is 7.59. The first-order valence-corrected chi connectivity index (χ1v) is 3.57. The van der Waals surface area contributed by atoms with Crippen LogP contribution in [0.4, 0.5) is 11.8 Å². The fraction of sp³-hybridized carbons (Fsp3) is 0.167. The van der Waals surface area contributed by atoms with E-state index >= 15 is 0 Å². The van der Waals surface area contributed by atoms with Crippen molar-refractivity contribution in [3.63, 3.8) is 0 Å². The lowest BCUT2D eigenvalue weighted by Crippen LogP contribution is -2.04. The van der Waals surface area contributed by atoms with Crippen LogP contribution in [0.5, 0.6) is 0 Å². The maximum Gasteiger partial charge on any atom is 0.224 e. The summed E-state index contributed by atoms with van der Waals surface area (Å²) >= 11 is 0. The van der Waals surface area contributed by atoms with Crippen LogP contribution in [0, 0.1) is 6.92 Å². The van der Waals surface area contributed by atoms with Crippen LogP contribution in [0.2, 0.25) is 0 Å². The normalized spacial score (nSPS) is 10.5. The Morgan fingerprint density at radius 3 is 2.54 bits per heavy atom. The van der Waals surface area contributed by atoms with Crippen molar-refractivity contribution >= 4 is 22.9 Å². The molecule has 2 rings (SSSR count). The summed E-state index contributed by atoms with van der Waals surface area (Å²) in [7, 11) is 0. The molecule has 0 amide bonds. The fourth-order valence-corrected chi connectivity index (χ4v) is 0.958. The van der Waals surface area contributed by atoms with Gasteiger partial charge in [0.2, 0.25) is 11.6 Å². The molecule has 0 spiro atoms. The van der Waals surface area contributed by atoms with E-state index in [4.69, 9.17) is 11.5 Å². The van der Waals surface area contributed by atoms with E-state index in [-0.39, 0.29) is 11.8 Å². The number of hydrogen-bond acceptors (Lipinski definition) is 7. The highest BCUT2D eigenvalue weighted by Gasteiger charge is 2.06. The van der Waals surface area contributed by atoms with Crippen LogP contribution in [0.3, 0.4) is 0 Å². The largest absolute Gasteiger partial charge is 0.382 e. The molecule has 0 atom stereocenters. The van der Waals surface area contributed by atoms with Gasteiger partial charge in [0.1, 0.15) is 5.82 Å². The van der Waals surface area contributed by atoms with Gasteiger partial charge in [0.25, 0.3) is 0 Å². The predicted molar refractivity (Wildman–Crippen MR) is 46.5 cm³/mol. The monoisotopic (exact) mass is 177 g/mol. The number of nitrogen functional groups attached to an aromatic ring is 2. The standard InChI is InChI=1S/C6H7N7/c1-2-9-3-4(7)10-6(8)11-5(3)13-12-2/h1H3,(H4,7,8,10,11,13). The molecule has 0 aliphatic heterocycles. The Balaban J connectivity index is 2.87. The van der Waals surface area contributed by atoms with Crippen LogP contribution in [-0.4, -0.2) is 25.1 Å². The Hall–Kier alpha value is -2.05. The number of aromatic nitrogens is 5. The second-order valence-corrected chi connectivity index (χ2v) is 2.50. The van der Waals surface area contributed by atoms with Crippen molar-refractivity contribution in [2.45, 2.75) is 6.92 Å². The summed E-state index contributed by atoms with van der Waals surface area (Å²) in [5, 5.41) is 7.51. The zero-order valence-corrected chi connectivity index (χ0v) is 6.89. The van der Waals surface area contributed by atoms with E-state index in [0.29, 0.717) is 17.0 Å². The van der Waals surface area contributed by atoms with Gasteiger partial charge in [-0.2, -0.15) is 9.97 Å². The molecule has 4 N–H and O–H groups in total. The molecule has 0 saturated heterocycles. The highest BCUT2D eigenvalue weighted by atomic mass is 15.2. The van der Waals surface area contributed by atoms with Crippen molar-refractivity contribution in [2.75, 3.05) is 11.5 Å². The van der Waals surface area contributed by atoms with E-state index in [9.17, 15) is 0 Å². The average Bonchev–Trinajstić information content (AvgIpc) is 2.06. The molecule has 0 aromatic carbocycles. The van der Waals surface area contributed by atoms with E-state index < -0.39 is 0 Å². The Labute approximate surface area is 73.2 Å². The van der Waals surface area contributed by atoms with Gasteiger partial charge in [-0.15, -0.1) is 10.2 Å². The minimum Gasteiger partial charge on any atom is -0.382 e. The van der Waals surface area contributed by atoms with Gasteiger partial charge in [-0.05, 0) is 6.92 Å². The van der Waals surface area contributed by atoms with Crippen molar-refractivity contribution in [3.8, 4) is 0 Å². The molecule has 2 aromatic rings. The molecule has 2 aromatic heterocycles. The van der Waals surface area contributed by atoms with E-state index in [2.05, 4.69) is 25.1 Å². The maximum atomic E-state index is 5.56. The van der Waals surface area contributed by atoms with Gasteiger partial charge in [-0.1, -0.05) is 0 Å². The molecular weight excluding hydrogens is 170 g/mol. The molecule has 0 aliphatic carbocycles. The first-order valence-electron chi connectivity index (χ1n) is 3.57. The summed E-state index contributed by atoms with van der Waals surface area (Å²) in [6.07, 6.45) is 0. The molecule has 0 unspecified atom stereocenters. The average molecular weight is 177 g/mol. The summed E-state index contributed by atoms with van der Waals surface area (Å²) in [4.78, 5) is 11.6. The topological polar surface area (TPSA) is 116 Å². The lowest BCUT2D eigenvalue weighted by atomic mass is 10.5. The number of nitrogens with zero attached hydrogens (tertiary/aromatic N) is 5. The smallest absolute Gasteiger partial charge is 0.224 e. The van der Waals surface area contributed by atoms with Crippen molar-refractivity contribution in [2.24, 2.45) is 0 Å². The van der Waals surface area contributed by atoms with Crippen molar-refractivity contribution in [1.82, 2.24) is 25.1 Å². The van der Waals surface area contributed by atoms with Crippen LogP contribution in [-0.2, 0) is 0 Å². The van der Waals surface area contributed by atoms with E-state index in [1.54, 1.807) is 6.92 Å². The third-order valence-corrected chi connectivity index (χ3v) is 1.47. The summed E-state index contributed by atoms with van der Waals surface area (Å²) in [5.74, 6) is 0.818. The van der Waals surface area contributed by atoms with Crippen molar-refractivity contribution in [3.05, 3.63) is 5.82 Å². The quantitative estimate of drug-likeness (QED) is 0.545. The Kier molecular flexibility index (Phi) is 1.44. The van der Waals surface area contributed by atoms with Crippen LogP contribution >= 0.6 is 0 Å². The van der Waals surface area contributed by atoms with Gasteiger partial charge in [0, 0.05) is 0 Å². The predicted octanol–water partition coefficient (Wildman–Crippen LogP) is -0.712. The highest BCUT2D eigenvalue weighted by Crippen LogP contribution is 2.12. The van der Waals surface area contributed by atoms with Gasteiger partial charge < -0.3 is 11.5 Å². The van der Waals surface area contributed by atoms with E-state index in [1.165, 1.54) is 0 Å². The highest BCUT2D eigenvalue weighted by molar-refractivity contribution is 5.81. The number of rotatable bonds is 0. The summed E-state index contributed by atoms with van der Waals surface area (Å²) in [6.45, 7) is 1.71. The van der Waals surface area contributed by atoms with Crippen molar-refractivity contribution in [1.29, 1.82) is 0 Å². The third-order valence-electron chi connectivity index (χ3n) is 1.47. The van der Waals surface area contributed by atoms with Crippen molar-refractivity contribution < 1.29 is 0 Å². The molecule has 0 fully saturated rings. The molecule has 2 heterocycles. The molecule has 0 saturated carbocycles. The Morgan fingerprint density at radius 1 is 1.00 bits per heavy atom. The van der Waals surface area contributed by atoms with Crippen LogP contribution in [0.1, 0.15) is 5.82 Å². The van der Waals surface area contributed by atoms with Gasteiger partial charge in [0.05, 0.1) is 0 Å². The summed E-state index contributed by atoms with van der Waals surface area (Å²) < 4.78 is 0. The van der Waals surface area contributed by atoms with E-state index in [0.717, 1.165) is 0 Å². The lowest BCUT2D eigenvalue weighted by Gasteiger charge is -1.99. The minimum atomic E-state index is 0.0740. The molecule has 7 nitrogen and oxygen atoms in total. The number of anilines is 2. The van der Waals surface area contributed by atoms with Gasteiger partial charge in [-0.3, -0.25) is 0 Å². The van der Waals surface area contributed by atoms with Crippen LogP contribution in [0.15, 0.2) is 0 Å². The maximum absolute atomic E-state index is 5.56. The molecule has 0 radical (unpaired) electrons. The fourth-order valence-electron chi connectivity index (χ4n) is 0.958. The van der Waals surface area contributed by atoms with Gasteiger partial charge >= 0.3 is 0 Å². The molecule has 66 valence electrons. The SMILES string of the molecule is Cc1nnc2nc(N)nc(N)c2n1. The van der Waals surface area contributed by atoms with E-state index in [1.807, 2.05) is 0 Å². The van der Waals surface area contributed by atoms with Crippen LogP contribution in [0.25, 0.3) is 11.2 Å². The molecular formula is C6H7N7. The second kappa shape index (κ2) is 2.47. The Morgan fingerprint density at radius 2 is 1.77 bits per heavy atom. The minimum absolute atomic E-state index is 0.0740. The van der Waals surface area contributed by atoms with Crippen LogP contribution < -0.4 is 11.5 Å². The summed E-state index contributed by atoms with van der Waals surface area (Å²) in [5.41, 5.74) is 11.7. The number of hydrogen-bond donors (Lipinski definition) is 2. The molecule has 7 heteroatoms. The zero-order chi connectivity index (χ0) is 9.42. The number of aryl methyl sites for hydroxylation is 1. The zero-order valence-electron chi connectivity index (χ0n) is 6.89. The Bertz CT molecular complexity index is 466. The number of nitrogens with two attached hydrogens (primary N) is 2. The van der Waals surface area contributed by atoms with Gasteiger partial charge in [0.15, 0.2) is 11.3 Å². The molecule has 0 aliphatic rings. The first-order chi connectivity index (χ1) is 6.16. The lowest BCUT2D eigenvalue weighted by molar-refractivity contribution is 0.934. The number of fused-ring (bicyclic) bond motifs is 1. The molecule has 13 heavy (non-hydrogen) atoms. The molecule has 0 bridgehead atoms. The van der Waals surface area contributed by atoms with Gasteiger partial charge in [-0.25, -0.2) is 4.98 Å². The summed E-state index contributed by atoms with van der Waals surface area (Å²) in [6, 6.07) is 0. The second-order valence-electron chi connectivity index (χ2n) is 2.50.